The van der Waals surface area contributed by atoms with Gasteiger partial charge in [-0.3, -0.25) is 9.59 Å². The summed E-state index contributed by atoms with van der Waals surface area (Å²) in [5.74, 6) is 1.60. The number of carbonyl (C=O) groups is 1. The zero-order valence-electron chi connectivity index (χ0n) is 10.3. The number of carbonyl (C=O) groups excluding carboxylic acids is 1. The Hall–Kier alpha value is -1.85. The first-order valence-corrected chi connectivity index (χ1v) is 6.26. The number of aromatic amines is 1. The Morgan fingerprint density at radius 3 is 3.00 bits per heavy atom. The molecule has 3 rings (SSSR count). The minimum atomic E-state index is -0.123. The molecular formula is C12H16N4O2. The molecular weight excluding hydrogens is 232 g/mol. The molecule has 1 aromatic rings. The maximum atomic E-state index is 11.6. The number of aryl methyl sites for hydroxylation is 1. The fraction of sp³-hybridized carbons (Fsp3) is 0.583. The van der Waals surface area contributed by atoms with Gasteiger partial charge in [-0.25, -0.2) is 4.98 Å². The minimum absolute atomic E-state index is 0.123. The van der Waals surface area contributed by atoms with Gasteiger partial charge in [0, 0.05) is 38.2 Å². The number of H-pyrrole nitrogens is 1. The molecule has 96 valence electrons. The van der Waals surface area contributed by atoms with Gasteiger partial charge in [-0.2, -0.15) is 0 Å². The Morgan fingerprint density at radius 2 is 2.22 bits per heavy atom. The van der Waals surface area contributed by atoms with Crippen LogP contribution in [0.1, 0.15) is 18.7 Å². The monoisotopic (exact) mass is 248 g/mol. The summed E-state index contributed by atoms with van der Waals surface area (Å²) in [6.45, 7) is 4.04. The lowest BCUT2D eigenvalue weighted by Crippen LogP contribution is -2.52. The highest BCUT2D eigenvalue weighted by molar-refractivity contribution is 5.79. The van der Waals surface area contributed by atoms with Gasteiger partial charge < -0.3 is 14.8 Å². The van der Waals surface area contributed by atoms with Crippen molar-refractivity contribution in [1.82, 2.24) is 14.9 Å². The second-order valence-electron chi connectivity index (χ2n) is 4.91. The highest BCUT2D eigenvalue weighted by Crippen LogP contribution is 2.24. The number of anilines is 1. The predicted molar refractivity (Wildman–Crippen MR) is 66.5 cm³/mol. The summed E-state index contributed by atoms with van der Waals surface area (Å²) >= 11 is 0. The van der Waals surface area contributed by atoms with Crippen LogP contribution in [0.15, 0.2) is 10.9 Å². The quantitative estimate of drug-likeness (QED) is 0.753. The van der Waals surface area contributed by atoms with Gasteiger partial charge in [0.25, 0.3) is 5.56 Å². The van der Waals surface area contributed by atoms with Crippen LogP contribution in [-0.2, 0) is 4.79 Å². The maximum Gasteiger partial charge on any atom is 0.252 e. The molecule has 2 aliphatic rings. The average Bonchev–Trinajstić information content (AvgIpc) is 2.69. The number of aromatic nitrogens is 2. The molecule has 0 saturated carbocycles. The van der Waals surface area contributed by atoms with Crippen LogP contribution in [0.5, 0.6) is 0 Å². The van der Waals surface area contributed by atoms with Crippen molar-refractivity contribution in [2.75, 3.05) is 24.5 Å². The summed E-state index contributed by atoms with van der Waals surface area (Å²) in [7, 11) is 0. The van der Waals surface area contributed by atoms with Crippen LogP contribution in [-0.4, -0.2) is 46.5 Å². The molecule has 1 amide bonds. The highest BCUT2D eigenvalue weighted by atomic mass is 16.2. The zero-order chi connectivity index (χ0) is 12.7. The van der Waals surface area contributed by atoms with Crippen molar-refractivity contribution in [2.45, 2.75) is 25.8 Å². The van der Waals surface area contributed by atoms with Crippen molar-refractivity contribution < 1.29 is 4.79 Å². The van der Waals surface area contributed by atoms with E-state index in [4.69, 9.17) is 0 Å². The molecule has 18 heavy (non-hydrogen) atoms. The van der Waals surface area contributed by atoms with Crippen molar-refractivity contribution in [3.63, 3.8) is 0 Å². The van der Waals surface area contributed by atoms with Crippen molar-refractivity contribution >= 4 is 11.7 Å². The molecule has 3 heterocycles. The Bertz CT molecular complexity index is 539. The van der Waals surface area contributed by atoms with Gasteiger partial charge in [0.2, 0.25) is 5.91 Å². The van der Waals surface area contributed by atoms with E-state index in [0.717, 1.165) is 31.9 Å². The van der Waals surface area contributed by atoms with Crippen molar-refractivity contribution in [3.05, 3.63) is 22.2 Å². The van der Waals surface area contributed by atoms with Gasteiger partial charge in [-0.05, 0) is 13.3 Å². The number of piperazine rings is 1. The van der Waals surface area contributed by atoms with Crippen LogP contribution in [0.25, 0.3) is 0 Å². The highest BCUT2D eigenvalue weighted by Gasteiger charge is 2.35. The molecule has 1 aromatic heterocycles. The molecule has 0 bridgehead atoms. The van der Waals surface area contributed by atoms with Crippen LogP contribution >= 0.6 is 0 Å². The number of hydrogen-bond donors (Lipinski definition) is 1. The largest absolute Gasteiger partial charge is 0.353 e. The van der Waals surface area contributed by atoms with E-state index in [1.165, 1.54) is 6.07 Å². The van der Waals surface area contributed by atoms with Gasteiger partial charge in [0.15, 0.2) is 0 Å². The molecule has 0 spiro atoms. The van der Waals surface area contributed by atoms with E-state index in [1.807, 2.05) is 4.90 Å². The van der Waals surface area contributed by atoms with E-state index in [-0.39, 0.29) is 17.5 Å². The molecule has 1 unspecified atom stereocenters. The number of fused-ring (bicyclic) bond motifs is 1. The van der Waals surface area contributed by atoms with E-state index >= 15 is 0 Å². The van der Waals surface area contributed by atoms with Crippen LogP contribution in [0.3, 0.4) is 0 Å². The summed E-state index contributed by atoms with van der Waals surface area (Å²) in [6, 6.07) is 1.81. The third kappa shape index (κ3) is 1.87. The molecule has 2 fully saturated rings. The molecule has 6 heteroatoms. The van der Waals surface area contributed by atoms with Gasteiger partial charge >= 0.3 is 0 Å². The average molecular weight is 248 g/mol. The lowest BCUT2D eigenvalue weighted by Gasteiger charge is -2.38. The molecule has 1 atom stereocenters. The van der Waals surface area contributed by atoms with Gasteiger partial charge in [-0.15, -0.1) is 0 Å². The Labute approximate surface area is 105 Å². The summed E-state index contributed by atoms with van der Waals surface area (Å²) in [5.41, 5.74) is -0.123. The number of nitrogens with zero attached hydrogens (tertiary/aromatic N) is 3. The van der Waals surface area contributed by atoms with Crippen molar-refractivity contribution in [1.29, 1.82) is 0 Å². The Morgan fingerprint density at radius 1 is 1.39 bits per heavy atom. The molecule has 2 saturated heterocycles. The first-order chi connectivity index (χ1) is 8.63. The van der Waals surface area contributed by atoms with Crippen LogP contribution in [0.2, 0.25) is 0 Å². The predicted octanol–water partition coefficient (Wildman–Crippen LogP) is -0.111. The summed E-state index contributed by atoms with van der Waals surface area (Å²) in [6.07, 6.45) is 1.57. The molecule has 1 N–H and O–H groups in total. The summed E-state index contributed by atoms with van der Waals surface area (Å²) < 4.78 is 0. The van der Waals surface area contributed by atoms with E-state index in [2.05, 4.69) is 14.9 Å². The Kier molecular flexibility index (Phi) is 2.57. The normalized spacial score (nSPS) is 23.4. The number of amides is 1. The molecule has 0 radical (unpaired) electrons. The molecule has 6 nitrogen and oxygen atoms in total. The third-order valence-electron chi connectivity index (χ3n) is 3.67. The Balaban J connectivity index is 1.82. The first kappa shape index (κ1) is 11.3. The van der Waals surface area contributed by atoms with Gasteiger partial charge in [-0.1, -0.05) is 0 Å². The number of nitrogens with one attached hydrogen (secondary N) is 1. The maximum absolute atomic E-state index is 11.6. The van der Waals surface area contributed by atoms with E-state index in [0.29, 0.717) is 12.2 Å². The molecule has 0 aliphatic carbocycles. The van der Waals surface area contributed by atoms with E-state index < -0.39 is 0 Å². The topological polar surface area (TPSA) is 69.3 Å². The molecule has 0 aromatic carbocycles. The van der Waals surface area contributed by atoms with Gasteiger partial charge in [0.05, 0.1) is 0 Å². The second kappa shape index (κ2) is 4.12. The van der Waals surface area contributed by atoms with Crippen LogP contribution in [0, 0.1) is 6.92 Å². The SMILES string of the molecule is Cc1nc(N2CCN3C(=O)CCC3C2)cc(=O)[nH]1. The third-order valence-corrected chi connectivity index (χ3v) is 3.67. The number of hydrogen-bond acceptors (Lipinski definition) is 4. The first-order valence-electron chi connectivity index (χ1n) is 6.26. The van der Waals surface area contributed by atoms with Crippen LogP contribution in [0.4, 0.5) is 5.82 Å². The molecule has 2 aliphatic heterocycles. The lowest BCUT2D eigenvalue weighted by atomic mass is 10.1. The minimum Gasteiger partial charge on any atom is -0.353 e. The van der Waals surface area contributed by atoms with Crippen LogP contribution < -0.4 is 10.5 Å². The number of rotatable bonds is 1. The van der Waals surface area contributed by atoms with Gasteiger partial charge in [0.1, 0.15) is 11.6 Å². The fourth-order valence-corrected chi connectivity index (χ4v) is 2.80. The van der Waals surface area contributed by atoms with Crippen molar-refractivity contribution in [2.24, 2.45) is 0 Å². The fourth-order valence-electron chi connectivity index (χ4n) is 2.80. The van der Waals surface area contributed by atoms with E-state index in [9.17, 15) is 9.59 Å². The van der Waals surface area contributed by atoms with E-state index in [1.54, 1.807) is 6.92 Å². The summed E-state index contributed by atoms with van der Waals surface area (Å²) in [4.78, 5) is 34.1. The smallest absolute Gasteiger partial charge is 0.252 e. The summed E-state index contributed by atoms with van der Waals surface area (Å²) in [5, 5.41) is 0. The second-order valence-corrected chi connectivity index (χ2v) is 4.91. The standard InChI is InChI=1S/C12H16N4O2/c1-8-13-10(6-11(17)14-8)15-4-5-16-9(7-15)2-3-12(16)18/h6,9H,2-5,7H2,1H3,(H,13,14,17). The lowest BCUT2D eigenvalue weighted by molar-refractivity contribution is -0.129. The van der Waals surface area contributed by atoms with Crippen molar-refractivity contribution in [3.8, 4) is 0 Å². The zero-order valence-corrected chi connectivity index (χ0v) is 10.3.